The van der Waals surface area contributed by atoms with Crippen LogP contribution in [0.2, 0.25) is 0 Å². The maximum absolute atomic E-state index is 11.7. The molecule has 0 aliphatic carbocycles. The molecule has 1 heterocycles. The SMILES string of the molecule is CCNc1ncc(COCC(F)(F)F)s1. The molecule has 0 bridgehead atoms. The molecule has 15 heavy (non-hydrogen) atoms. The van der Waals surface area contributed by atoms with E-state index in [4.69, 9.17) is 0 Å². The van der Waals surface area contributed by atoms with Crippen LogP contribution in [0.1, 0.15) is 11.8 Å². The highest BCUT2D eigenvalue weighted by molar-refractivity contribution is 7.15. The number of aromatic nitrogens is 1. The van der Waals surface area contributed by atoms with Crippen molar-refractivity contribution in [2.75, 3.05) is 18.5 Å². The maximum atomic E-state index is 11.7. The maximum Gasteiger partial charge on any atom is 0.411 e. The first-order valence-corrected chi connectivity index (χ1v) is 5.16. The lowest BCUT2D eigenvalue weighted by Gasteiger charge is -2.05. The summed E-state index contributed by atoms with van der Waals surface area (Å²) >= 11 is 1.29. The summed E-state index contributed by atoms with van der Waals surface area (Å²) in [7, 11) is 0. The van der Waals surface area contributed by atoms with Crippen molar-refractivity contribution in [1.29, 1.82) is 0 Å². The van der Waals surface area contributed by atoms with Crippen molar-refractivity contribution in [3.63, 3.8) is 0 Å². The Morgan fingerprint density at radius 1 is 1.53 bits per heavy atom. The summed E-state index contributed by atoms with van der Waals surface area (Å²) in [6, 6.07) is 0. The lowest BCUT2D eigenvalue weighted by molar-refractivity contribution is -0.176. The minimum Gasteiger partial charge on any atom is -0.366 e. The molecule has 0 atom stereocenters. The van der Waals surface area contributed by atoms with Gasteiger partial charge < -0.3 is 10.1 Å². The zero-order chi connectivity index (χ0) is 11.3. The Labute approximate surface area is 89.3 Å². The number of anilines is 1. The number of ether oxygens (including phenoxy) is 1. The molecule has 3 nitrogen and oxygen atoms in total. The van der Waals surface area contributed by atoms with Crippen LogP contribution in [-0.4, -0.2) is 24.3 Å². The number of hydrogen-bond acceptors (Lipinski definition) is 4. The van der Waals surface area contributed by atoms with E-state index in [1.54, 1.807) is 0 Å². The van der Waals surface area contributed by atoms with Gasteiger partial charge in [-0.1, -0.05) is 11.3 Å². The van der Waals surface area contributed by atoms with Crippen molar-refractivity contribution in [2.24, 2.45) is 0 Å². The fraction of sp³-hybridized carbons (Fsp3) is 0.625. The molecule has 0 fully saturated rings. The smallest absolute Gasteiger partial charge is 0.366 e. The zero-order valence-corrected chi connectivity index (χ0v) is 8.91. The second-order valence-electron chi connectivity index (χ2n) is 2.77. The molecule has 7 heteroatoms. The van der Waals surface area contributed by atoms with Crippen LogP contribution in [0, 0.1) is 0 Å². The second-order valence-corrected chi connectivity index (χ2v) is 3.89. The summed E-state index contributed by atoms with van der Waals surface area (Å²) in [5.41, 5.74) is 0. The van der Waals surface area contributed by atoms with Gasteiger partial charge in [-0.2, -0.15) is 13.2 Å². The zero-order valence-electron chi connectivity index (χ0n) is 8.10. The van der Waals surface area contributed by atoms with Crippen LogP contribution in [0.3, 0.4) is 0 Å². The molecule has 0 amide bonds. The Morgan fingerprint density at radius 2 is 2.27 bits per heavy atom. The number of rotatable bonds is 5. The van der Waals surface area contributed by atoms with Crippen LogP contribution < -0.4 is 5.32 Å². The number of halogens is 3. The standard InChI is InChI=1S/C8H11F3N2OS/c1-2-12-7-13-3-6(15-7)4-14-5-8(9,10)11/h3H,2,4-5H2,1H3,(H,12,13). The molecule has 0 aromatic carbocycles. The Balaban J connectivity index is 2.31. The average Bonchev–Trinajstić information content (AvgIpc) is 2.51. The van der Waals surface area contributed by atoms with Crippen LogP contribution in [-0.2, 0) is 11.3 Å². The minimum atomic E-state index is -4.27. The quantitative estimate of drug-likeness (QED) is 0.859. The van der Waals surface area contributed by atoms with Crippen molar-refractivity contribution in [3.05, 3.63) is 11.1 Å². The highest BCUT2D eigenvalue weighted by Crippen LogP contribution is 2.20. The first kappa shape index (κ1) is 12.3. The third-order valence-electron chi connectivity index (χ3n) is 1.39. The third kappa shape index (κ3) is 4.98. The number of hydrogen-bond donors (Lipinski definition) is 1. The van der Waals surface area contributed by atoms with Crippen LogP contribution >= 0.6 is 11.3 Å². The van der Waals surface area contributed by atoms with E-state index in [-0.39, 0.29) is 6.61 Å². The van der Waals surface area contributed by atoms with Gasteiger partial charge in [0, 0.05) is 12.7 Å². The highest BCUT2D eigenvalue weighted by Gasteiger charge is 2.27. The predicted octanol–water partition coefficient (Wildman–Crippen LogP) is 2.65. The van der Waals surface area contributed by atoms with Gasteiger partial charge in [0.05, 0.1) is 11.5 Å². The summed E-state index contributed by atoms with van der Waals surface area (Å²) in [6.07, 6.45) is -2.76. The molecule has 1 rings (SSSR count). The Kier molecular flexibility index (Phi) is 4.34. The molecule has 0 unspecified atom stereocenters. The largest absolute Gasteiger partial charge is 0.411 e. The van der Waals surface area contributed by atoms with E-state index in [0.717, 1.165) is 6.54 Å². The summed E-state index contributed by atoms with van der Waals surface area (Å²) < 4.78 is 39.7. The Bertz CT molecular complexity index is 300. The Hall–Kier alpha value is -0.820. The van der Waals surface area contributed by atoms with Gasteiger partial charge in [0.25, 0.3) is 0 Å². The van der Waals surface area contributed by atoms with Gasteiger partial charge in [-0.3, -0.25) is 0 Å². The van der Waals surface area contributed by atoms with E-state index < -0.39 is 12.8 Å². The lowest BCUT2D eigenvalue weighted by Crippen LogP contribution is -2.16. The van der Waals surface area contributed by atoms with Crippen molar-refractivity contribution >= 4 is 16.5 Å². The molecule has 0 radical (unpaired) electrons. The van der Waals surface area contributed by atoms with E-state index in [0.29, 0.717) is 10.0 Å². The van der Waals surface area contributed by atoms with Crippen LogP contribution in [0.15, 0.2) is 6.20 Å². The summed E-state index contributed by atoms with van der Waals surface area (Å²) in [6.45, 7) is 1.38. The molecule has 0 aliphatic heterocycles. The topological polar surface area (TPSA) is 34.2 Å². The number of alkyl halides is 3. The van der Waals surface area contributed by atoms with E-state index in [2.05, 4.69) is 15.0 Å². The van der Waals surface area contributed by atoms with Crippen molar-refractivity contribution in [2.45, 2.75) is 19.7 Å². The van der Waals surface area contributed by atoms with E-state index in [9.17, 15) is 13.2 Å². The van der Waals surface area contributed by atoms with Gasteiger partial charge in [-0.25, -0.2) is 4.98 Å². The first-order chi connectivity index (χ1) is 7.01. The van der Waals surface area contributed by atoms with E-state index in [1.165, 1.54) is 17.5 Å². The average molecular weight is 240 g/mol. The molecule has 0 aliphatic rings. The molecule has 86 valence electrons. The van der Waals surface area contributed by atoms with Crippen LogP contribution in [0.25, 0.3) is 0 Å². The fourth-order valence-corrected chi connectivity index (χ4v) is 1.69. The van der Waals surface area contributed by atoms with Gasteiger partial charge in [-0.15, -0.1) is 0 Å². The molecule has 0 saturated heterocycles. The first-order valence-electron chi connectivity index (χ1n) is 4.34. The molecule has 1 aromatic rings. The van der Waals surface area contributed by atoms with Crippen molar-refractivity contribution in [1.82, 2.24) is 4.98 Å². The number of nitrogens with one attached hydrogen (secondary N) is 1. The fourth-order valence-electron chi connectivity index (χ4n) is 0.875. The van der Waals surface area contributed by atoms with Gasteiger partial charge >= 0.3 is 6.18 Å². The number of thiazole rings is 1. The molecule has 0 spiro atoms. The van der Waals surface area contributed by atoms with Crippen LogP contribution in [0.5, 0.6) is 0 Å². The molecular weight excluding hydrogens is 229 g/mol. The summed E-state index contributed by atoms with van der Waals surface area (Å²) in [5, 5.41) is 3.66. The molecular formula is C8H11F3N2OS. The predicted molar refractivity (Wildman–Crippen MR) is 52.0 cm³/mol. The Morgan fingerprint density at radius 3 is 2.87 bits per heavy atom. The second kappa shape index (κ2) is 5.32. The normalized spacial score (nSPS) is 11.7. The van der Waals surface area contributed by atoms with Crippen molar-refractivity contribution in [3.8, 4) is 0 Å². The molecule has 1 aromatic heterocycles. The van der Waals surface area contributed by atoms with E-state index >= 15 is 0 Å². The molecule has 0 saturated carbocycles. The van der Waals surface area contributed by atoms with Gasteiger partial charge in [0.15, 0.2) is 5.13 Å². The summed E-state index contributed by atoms with van der Waals surface area (Å²) in [5.74, 6) is 0. The number of nitrogens with zero attached hydrogens (tertiary/aromatic N) is 1. The van der Waals surface area contributed by atoms with Gasteiger partial charge in [-0.05, 0) is 6.92 Å². The lowest BCUT2D eigenvalue weighted by atomic mass is 10.6. The summed E-state index contributed by atoms with van der Waals surface area (Å²) in [4.78, 5) is 4.64. The van der Waals surface area contributed by atoms with E-state index in [1.807, 2.05) is 6.92 Å². The van der Waals surface area contributed by atoms with Crippen molar-refractivity contribution < 1.29 is 17.9 Å². The van der Waals surface area contributed by atoms with Crippen LogP contribution in [0.4, 0.5) is 18.3 Å². The monoisotopic (exact) mass is 240 g/mol. The third-order valence-corrected chi connectivity index (χ3v) is 2.32. The minimum absolute atomic E-state index is 0.0530. The molecule has 1 N–H and O–H groups in total. The van der Waals surface area contributed by atoms with Gasteiger partial charge in [0.1, 0.15) is 6.61 Å². The van der Waals surface area contributed by atoms with Gasteiger partial charge in [0.2, 0.25) is 0 Å². The highest BCUT2D eigenvalue weighted by atomic mass is 32.1.